The highest BCUT2D eigenvalue weighted by Gasteiger charge is 2.43. The molecule has 0 radical (unpaired) electrons. The molecule has 1 saturated carbocycles. The summed E-state index contributed by atoms with van der Waals surface area (Å²) in [6, 6.07) is 2.53. The summed E-state index contributed by atoms with van der Waals surface area (Å²) in [6.07, 6.45) is 4.64. The topological polar surface area (TPSA) is 56.1 Å². The third-order valence-corrected chi connectivity index (χ3v) is 3.55. The Morgan fingerprint density at radius 3 is 2.88 bits per heavy atom. The van der Waals surface area contributed by atoms with Gasteiger partial charge >= 0.3 is 0 Å². The number of nitrogens with one attached hydrogen (secondary N) is 1. The number of amides is 1. The first-order valence-corrected chi connectivity index (χ1v) is 6.10. The molecule has 4 nitrogen and oxygen atoms in total. The summed E-state index contributed by atoms with van der Waals surface area (Å²) in [5.74, 6) is 0.197. The molecule has 16 heavy (non-hydrogen) atoms. The Balaban J connectivity index is 2.01. The maximum atomic E-state index is 12.4. The SMILES string of the molecule is CC1(C(=O)N(CCC#N)C2CC2)CCCN1. The molecule has 1 N–H and O–H groups in total. The predicted molar refractivity (Wildman–Crippen MR) is 60.6 cm³/mol. The summed E-state index contributed by atoms with van der Waals surface area (Å²) < 4.78 is 0. The lowest BCUT2D eigenvalue weighted by molar-refractivity contribution is -0.137. The van der Waals surface area contributed by atoms with Crippen LogP contribution in [-0.2, 0) is 4.79 Å². The number of carbonyl (C=O) groups is 1. The minimum absolute atomic E-state index is 0.197. The van der Waals surface area contributed by atoms with Gasteiger partial charge in [-0.25, -0.2) is 0 Å². The van der Waals surface area contributed by atoms with Crippen LogP contribution in [0.1, 0.15) is 39.0 Å². The van der Waals surface area contributed by atoms with Crippen molar-refractivity contribution in [3.8, 4) is 6.07 Å². The number of nitrogens with zero attached hydrogens (tertiary/aromatic N) is 2. The van der Waals surface area contributed by atoms with Crippen molar-refractivity contribution in [2.24, 2.45) is 0 Å². The van der Waals surface area contributed by atoms with Gasteiger partial charge in [0.1, 0.15) is 0 Å². The first-order valence-electron chi connectivity index (χ1n) is 6.10. The molecule has 1 saturated heterocycles. The summed E-state index contributed by atoms with van der Waals surface area (Å²) in [6.45, 7) is 3.51. The van der Waals surface area contributed by atoms with E-state index in [1.807, 2.05) is 11.8 Å². The van der Waals surface area contributed by atoms with Crippen LogP contribution in [0.4, 0.5) is 0 Å². The van der Waals surface area contributed by atoms with E-state index >= 15 is 0 Å². The van der Waals surface area contributed by atoms with Gasteiger partial charge in [0, 0.05) is 12.6 Å². The van der Waals surface area contributed by atoms with Gasteiger partial charge in [0.25, 0.3) is 0 Å². The van der Waals surface area contributed by atoms with Crippen LogP contribution in [0.25, 0.3) is 0 Å². The number of hydrogen-bond donors (Lipinski definition) is 1. The monoisotopic (exact) mass is 221 g/mol. The lowest BCUT2D eigenvalue weighted by Gasteiger charge is -2.31. The van der Waals surface area contributed by atoms with Crippen LogP contribution in [0.15, 0.2) is 0 Å². The van der Waals surface area contributed by atoms with E-state index in [1.54, 1.807) is 0 Å². The van der Waals surface area contributed by atoms with Gasteiger partial charge < -0.3 is 10.2 Å². The van der Waals surface area contributed by atoms with E-state index < -0.39 is 0 Å². The van der Waals surface area contributed by atoms with Crippen LogP contribution < -0.4 is 5.32 Å². The smallest absolute Gasteiger partial charge is 0.242 e. The first kappa shape index (κ1) is 11.4. The van der Waals surface area contributed by atoms with Gasteiger partial charge in [0.05, 0.1) is 18.0 Å². The Morgan fingerprint density at radius 2 is 2.38 bits per heavy atom. The molecule has 0 spiro atoms. The van der Waals surface area contributed by atoms with E-state index in [9.17, 15) is 4.79 Å². The van der Waals surface area contributed by atoms with Crippen LogP contribution >= 0.6 is 0 Å². The van der Waals surface area contributed by atoms with E-state index in [4.69, 9.17) is 5.26 Å². The lowest BCUT2D eigenvalue weighted by atomic mass is 9.98. The largest absolute Gasteiger partial charge is 0.337 e. The minimum atomic E-state index is -0.377. The normalized spacial score (nSPS) is 28.8. The Morgan fingerprint density at radius 1 is 1.62 bits per heavy atom. The van der Waals surface area contributed by atoms with Crippen molar-refractivity contribution in [3.63, 3.8) is 0 Å². The summed E-state index contributed by atoms with van der Waals surface area (Å²) in [4.78, 5) is 14.3. The zero-order valence-electron chi connectivity index (χ0n) is 9.83. The number of hydrogen-bond acceptors (Lipinski definition) is 3. The molecule has 1 heterocycles. The molecule has 1 atom stereocenters. The first-order chi connectivity index (χ1) is 7.67. The fraction of sp³-hybridized carbons (Fsp3) is 0.833. The third kappa shape index (κ3) is 2.19. The van der Waals surface area contributed by atoms with Crippen LogP contribution in [0.3, 0.4) is 0 Å². The molecule has 1 aliphatic heterocycles. The highest BCUT2D eigenvalue weighted by molar-refractivity contribution is 5.86. The molecule has 1 unspecified atom stereocenters. The number of carbonyl (C=O) groups excluding carboxylic acids is 1. The maximum absolute atomic E-state index is 12.4. The molecule has 0 aromatic carbocycles. The van der Waals surface area contributed by atoms with E-state index in [-0.39, 0.29) is 11.4 Å². The van der Waals surface area contributed by atoms with E-state index in [2.05, 4.69) is 11.4 Å². The molecule has 0 aromatic heterocycles. The minimum Gasteiger partial charge on any atom is -0.337 e. The second-order valence-electron chi connectivity index (χ2n) is 5.00. The Bertz CT molecular complexity index is 311. The van der Waals surface area contributed by atoms with Crippen LogP contribution in [0, 0.1) is 11.3 Å². The summed E-state index contributed by atoms with van der Waals surface area (Å²) in [7, 11) is 0. The highest BCUT2D eigenvalue weighted by atomic mass is 16.2. The second-order valence-corrected chi connectivity index (χ2v) is 5.00. The molecular formula is C12H19N3O. The molecule has 0 aromatic rings. The van der Waals surface area contributed by atoms with Crippen LogP contribution in [-0.4, -0.2) is 35.5 Å². The van der Waals surface area contributed by atoms with Crippen molar-refractivity contribution in [3.05, 3.63) is 0 Å². The van der Waals surface area contributed by atoms with E-state index in [1.165, 1.54) is 0 Å². The predicted octanol–water partition coefficient (Wildman–Crippen LogP) is 1.03. The van der Waals surface area contributed by atoms with Crippen molar-refractivity contribution < 1.29 is 4.79 Å². The van der Waals surface area contributed by atoms with Gasteiger partial charge in [-0.05, 0) is 39.2 Å². The quantitative estimate of drug-likeness (QED) is 0.771. The fourth-order valence-electron chi connectivity index (χ4n) is 2.40. The average molecular weight is 221 g/mol. The summed E-state index contributed by atoms with van der Waals surface area (Å²) in [5.41, 5.74) is -0.377. The zero-order chi connectivity index (χ0) is 11.6. The van der Waals surface area contributed by atoms with Gasteiger partial charge in [-0.15, -0.1) is 0 Å². The zero-order valence-corrected chi connectivity index (χ0v) is 9.83. The fourth-order valence-corrected chi connectivity index (χ4v) is 2.40. The highest BCUT2D eigenvalue weighted by Crippen LogP contribution is 2.31. The Hall–Kier alpha value is -1.08. The summed E-state index contributed by atoms with van der Waals surface area (Å²) >= 11 is 0. The van der Waals surface area contributed by atoms with Crippen molar-refractivity contribution in [2.45, 2.75) is 50.6 Å². The van der Waals surface area contributed by atoms with Crippen molar-refractivity contribution >= 4 is 5.91 Å². The molecule has 2 fully saturated rings. The van der Waals surface area contributed by atoms with E-state index in [0.717, 1.165) is 32.2 Å². The number of nitriles is 1. The van der Waals surface area contributed by atoms with Crippen molar-refractivity contribution in [2.75, 3.05) is 13.1 Å². The molecule has 88 valence electrons. The number of rotatable bonds is 4. The molecule has 1 aliphatic carbocycles. The van der Waals surface area contributed by atoms with Crippen LogP contribution in [0.2, 0.25) is 0 Å². The molecule has 4 heteroatoms. The molecule has 1 amide bonds. The van der Waals surface area contributed by atoms with Gasteiger partial charge in [0.2, 0.25) is 5.91 Å². The third-order valence-electron chi connectivity index (χ3n) is 3.55. The average Bonchev–Trinajstić information content (AvgIpc) is 3.01. The van der Waals surface area contributed by atoms with Crippen molar-refractivity contribution in [1.82, 2.24) is 10.2 Å². The van der Waals surface area contributed by atoms with Gasteiger partial charge in [-0.1, -0.05) is 0 Å². The molecule has 2 aliphatic rings. The summed E-state index contributed by atoms with van der Waals surface area (Å²) in [5, 5.41) is 11.9. The Kier molecular flexibility index (Phi) is 3.15. The molecule has 0 bridgehead atoms. The molecular weight excluding hydrogens is 202 g/mol. The lowest BCUT2D eigenvalue weighted by Crippen LogP contribution is -2.53. The second kappa shape index (κ2) is 4.42. The maximum Gasteiger partial charge on any atom is 0.242 e. The van der Waals surface area contributed by atoms with Crippen molar-refractivity contribution in [1.29, 1.82) is 5.26 Å². The van der Waals surface area contributed by atoms with Gasteiger partial charge in [-0.3, -0.25) is 4.79 Å². The Labute approximate surface area is 96.6 Å². The van der Waals surface area contributed by atoms with Gasteiger partial charge in [0.15, 0.2) is 0 Å². The van der Waals surface area contributed by atoms with Gasteiger partial charge in [-0.2, -0.15) is 5.26 Å². The standard InChI is InChI=1S/C12H19N3O/c1-12(6-2-8-14-12)11(16)15(9-3-7-13)10-4-5-10/h10,14H,2-6,8-9H2,1H3. The van der Waals surface area contributed by atoms with Crippen LogP contribution in [0.5, 0.6) is 0 Å². The van der Waals surface area contributed by atoms with E-state index in [0.29, 0.717) is 19.0 Å². The molecule has 2 rings (SSSR count).